The molecule has 0 aliphatic carbocycles. The monoisotopic (exact) mass is 382 g/mol. The number of aromatic nitrogens is 3. The van der Waals surface area contributed by atoms with E-state index in [1.165, 1.54) is 0 Å². The molecule has 4 rings (SSSR count). The number of benzene rings is 1. The number of methoxy groups -OCH3 is 1. The average Bonchev–Trinajstić information content (AvgIpc) is 2.74. The van der Waals surface area contributed by atoms with Crippen LogP contribution in [0.15, 0.2) is 36.5 Å². The number of fused-ring (bicyclic) bond motifs is 1. The number of morpholine rings is 1. The molecule has 1 aliphatic rings. The Labute approximate surface area is 162 Å². The molecule has 8 heteroatoms. The largest absolute Gasteiger partial charge is 0.508 e. The highest BCUT2D eigenvalue weighted by molar-refractivity contribution is 5.88. The fourth-order valence-corrected chi connectivity index (χ4v) is 3.28. The van der Waals surface area contributed by atoms with Crippen molar-refractivity contribution in [2.24, 2.45) is 0 Å². The van der Waals surface area contributed by atoms with Gasteiger partial charge in [0, 0.05) is 37.5 Å². The fourth-order valence-electron chi connectivity index (χ4n) is 3.28. The van der Waals surface area contributed by atoms with Crippen LogP contribution in [0.25, 0.3) is 22.4 Å². The third-order valence-electron chi connectivity index (χ3n) is 4.78. The second-order valence-electron chi connectivity index (χ2n) is 6.56. The fraction of sp³-hybridized carbons (Fsp3) is 0.350. The number of phenols is 1. The zero-order chi connectivity index (χ0) is 19.5. The molecule has 0 saturated carbocycles. The summed E-state index contributed by atoms with van der Waals surface area (Å²) >= 11 is 0. The molecule has 2 aromatic heterocycles. The van der Waals surface area contributed by atoms with Crippen LogP contribution in [0.3, 0.4) is 0 Å². The first kappa shape index (κ1) is 18.5. The van der Waals surface area contributed by atoms with Gasteiger partial charge in [0.25, 0.3) is 0 Å². The lowest BCUT2D eigenvalue weighted by molar-refractivity contribution is 0.0483. The smallest absolute Gasteiger partial charge is 0.162 e. The van der Waals surface area contributed by atoms with Crippen LogP contribution in [-0.4, -0.2) is 65.2 Å². The Kier molecular flexibility index (Phi) is 5.34. The van der Waals surface area contributed by atoms with Crippen LogP contribution >= 0.6 is 0 Å². The summed E-state index contributed by atoms with van der Waals surface area (Å²) in [5.41, 5.74) is 2.79. The van der Waals surface area contributed by atoms with Crippen LogP contribution in [-0.2, 0) is 9.47 Å². The number of rotatable bonds is 5. The van der Waals surface area contributed by atoms with Gasteiger partial charge in [-0.25, -0.2) is 9.97 Å². The molecule has 0 amide bonds. The first-order valence-corrected chi connectivity index (χ1v) is 9.13. The van der Waals surface area contributed by atoms with Crippen molar-refractivity contribution in [1.82, 2.24) is 15.0 Å². The minimum absolute atomic E-state index is 0.148. The molecule has 146 valence electrons. The highest BCUT2D eigenvalue weighted by atomic mass is 16.5. The summed E-state index contributed by atoms with van der Waals surface area (Å²) in [6.45, 7) is 2.53. The van der Waals surface area contributed by atoms with E-state index >= 15 is 0 Å². The lowest BCUT2D eigenvalue weighted by Gasteiger charge is -2.28. The Morgan fingerprint density at radius 3 is 2.75 bits per heavy atom. The minimum Gasteiger partial charge on any atom is -0.508 e. The number of anilines is 1. The molecule has 1 fully saturated rings. The van der Waals surface area contributed by atoms with E-state index < -0.39 is 6.10 Å². The summed E-state index contributed by atoms with van der Waals surface area (Å²) in [4.78, 5) is 16.1. The molecule has 1 atom stereocenters. The van der Waals surface area contributed by atoms with Gasteiger partial charge in [-0.1, -0.05) is 12.1 Å². The van der Waals surface area contributed by atoms with Crippen LogP contribution < -0.4 is 4.90 Å². The van der Waals surface area contributed by atoms with E-state index in [2.05, 4.69) is 14.9 Å². The summed E-state index contributed by atoms with van der Waals surface area (Å²) in [5, 5.41) is 19.4. The average molecular weight is 382 g/mol. The molecule has 1 aromatic carbocycles. The maximum absolute atomic E-state index is 9.85. The van der Waals surface area contributed by atoms with Crippen LogP contribution in [0.4, 0.5) is 5.82 Å². The minimum atomic E-state index is -0.470. The summed E-state index contributed by atoms with van der Waals surface area (Å²) in [6.07, 6.45) is 1.22. The van der Waals surface area contributed by atoms with E-state index in [4.69, 9.17) is 14.5 Å². The van der Waals surface area contributed by atoms with E-state index in [1.807, 2.05) is 12.1 Å². The lowest BCUT2D eigenvalue weighted by Crippen LogP contribution is -2.37. The van der Waals surface area contributed by atoms with Gasteiger partial charge in [0.1, 0.15) is 17.4 Å². The maximum atomic E-state index is 9.85. The van der Waals surface area contributed by atoms with Crippen LogP contribution in [0.2, 0.25) is 0 Å². The number of phenolic OH excluding ortho intramolecular Hbond substituents is 1. The number of nitrogens with zero attached hydrogens (tertiary/aromatic N) is 4. The molecule has 3 aromatic rings. The zero-order valence-corrected chi connectivity index (χ0v) is 15.6. The van der Waals surface area contributed by atoms with Crippen molar-refractivity contribution in [2.75, 3.05) is 44.9 Å². The van der Waals surface area contributed by atoms with Crippen LogP contribution in [0.5, 0.6) is 5.75 Å². The van der Waals surface area contributed by atoms with E-state index in [0.29, 0.717) is 48.7 Å². The molecule has 1 saturated heterocycles. The Morgan fingerprint density at radius 2 is 2.04 bits per heavy atom. The summed E-state index contributed by atoms with van der Waals surface area (Å²) in [5.74, 6) is 1.39. The number of ether oxygens (including phenoxy) is 2. The van der Waals surface area contributed by atoms with Gasteiger partial charge < -0.3 is 24.6 Å². The molecule has 1 unspecified atom stereocenters. The number of aromatic hydroxyl groups is 1. The van der Waals surface area contributed by atoms with Gasteiger partial charge in [0.05, 0.1) is 25.3 Å². The molecule has 0 radical (unpaired) electrons. The predicted octanol–water partition coefficient (Wildman–Crippen LogP) is 1.91. The van der Waals surface area contributed by atoms with Crippen molar-refractivity contribution in [2.45, 2.75) is 6.10 Å². The Balaban J connectivity index is 1.89. The maximum Gasteiger partial charge on any atom is 0.162 e. The third kappa shape index (κ3) is 3.62. The van der Waals surface area contributed by atoms with Crippen molar-refractivity contribution < 1.29 is 19.7 Å². The first-order valence-electron chi connectivity index (χ1n) is 9.13. The van der Waals surface area contributed by atoms with E-state index in [-0.39, 0.29) is 12.4 Å². The van der Waals surface area contributed by atoms with Gasteiger partial charge in [0.15, 0.2) is 11.6 Å². The van der Waals surface area contributed by atoms with Crippen molar-refractivity contribution >= 4 is 16.9 Å². The lowest BCUT2D eigenvalue weighted by atomic mass is 10.1. The Bertz CT molecular complexity index is 972. The van der Waals surface area contributed by atoms with Gasteiger partial charge in [-0.2, -0.15) is 0 Å². The van der Waals surface area contributed by atoms with Gasteiger partial charge in [-0.3, -0.25) is 4.98 Å². The number of aliphatic hydroxyl groups excluding tert-OH is 1. The van der Waals surface area contributed by atoms with Crippen molar-refractivity contribution in [3.8, 4) is 17.1 Å². The summed E-state index contributed by atoms with van der Waals surface area (Å²) in [7, 11) is 1.54. The Hall–Kier alpha value is -2.81. The molecular formula is C20H22N4O4. The molecule has 28 heavy (non-hydrogen) atoms. The van der Waals surface area contributed by atoms with Gasteiger partial charge >= 0.3 is 0 Å². The van der Waals surface area contributed by atoms with Crippen LogP contribution in [0.1, 0.15) is 11.7 Å². The molecule has 0 spiro atoms. The van der Waals surface area contributed by atoms with E-state index in [9.17, 15) is 10.2 Å². The number of hydrogen-bond acceptors (Lipinski definition) is 8. The second kappa shape index (κ2) is 8.05. The number of aliphatic hydroxyl groups is 1. The van der Waals surface area contributed by atoms with Crippen molar-refractivity contribution in [1.29, 1.82) is 0 Å². The highest BCUT2D eigenvalue weighted by Gasteiger charge is 2.20. The molecule has 0 bridgehead atoms. The number of pyridine rings is 1. The van der Waals surface area contributed by atoms with E-state index in [1.54, 1.807) is 31.5 Å². The molecular weight excluding hydrogens is 360 g/mol. The molecule has 2 N–H and O–H groups in total. The second-order valence-corrected chi connectivity index (χ2v) is 6.56. The normalized spacial score (nSPS) is 15.7. The first-order chi connectivity index (χ1) is 13.7. The topological polar surface area (TPSA) is 101 Å². The molecule has 3 heterocycles. The third-order valence-corrected chi connectivity index (χ3v) is 4.78. The van der Waals surface area contributed by atoms with Crippen molar-refractivity contribution in [3.05, 3.63) is 42.1 Å². The van der Waals surface area contributed by atoms with Gasteiger partial charge in [-0.05, 0) is 18.2 Å². The Morgan fingerprint density at radius 1 is 1.21 bits per heavy atom. The number of hydrogen-bond donors (Lipinski definition) is 2. The van der Waals surface area contributed by atoms with Gasteiger partial charge in [0.2, 0.25) is 0 Å². The summed E-state index contributed by atoms with van der Waals surface area (Å²) < 4.78 is 10.8. The van der Waals surface area contributed by atoms with E-state index in [0.717, 1.165) is 11.4 Å². The van der Waals surface area contributed by atoms with Crippen molar-refractivity contribution in [3.63, 3.8) is 0 Å². The van der Waals surface area contributed by atoms with Gasteiger partial charge in [-0.15, -0.1) is 0 Å². The zero-order valence-electron chi connectivity index (χ0n) is 15.6. The SMILES string of the molecule is COC(CO)c1cnc2c(N3CCOCC3)nc(-c3cccc(O)c3)nc2c1. The standard InChI is InChI=1S/C20H22N4O4/c1-27-17(12-25)14-10-16-18(21-11-14)20(24-5-7-28-8-6-24)23-19(22-16)13-3-2-4-15(26)9-13/h2-4,9-11,17,25-26H,5-8,12H2,1H3. The highest BCUT2D eigenvalue weighted by Crippen LogP contribution is 2.29. The van der Waals surface area contributed by atoms with Crippen LogP contribution in [0, 0.1) is 0 Å². The molecule has 1 aliphatic heterocycles. The summed E-state index contributed by atoms with van der Waals surface area (Å²) in [6, 6.07) is 8.72. The quantitative estimate of drug-likeness (QED) is 0.690. The predicted molar refractivity (Wildman–Crippen MR) is 104 cm³/mol. The molecule has 8 nitrogen and oxygen atoms in total.